The van der Waals surface area contributed by atoms with Gasteiger partial charge in [-0.25, -0.2) is 0 Å². The number of hydrogen-bond donors (Lipinski definition) is 2. The molecule has 0 saturated carbocycles. The summed E-state index contributed by atoms with van der Waals surface area (Å²) in [6, 6.07) is -0.579. The number of amides is 3. The van der Waals surface area contributed by atoms with Crippen LogP contribution in [0, 0.1) is 5.92 Å². The van der Waals surface area contributed by atoms with Crippen LogP contribution in [0.2, 0.25) is 0 Å². The molecule has 3 amide bonds. The molecule has 1 heterocycles. The lowest BCUT2D eigenvalue weighted by Gasteiger charge is -2.33. The van der Waals surface area contributed by atoms with Gasteiger partial charge < -0.3 is 10.2 Å². The number of carbonyl (C=O) groups excluding carboxylic acids is 3. The summed E-state index contributed by atoms with van der Waals surface area (Å²) in [4.78, 5) is 36.0. The predicted molar refractivity (Wildman–Crippen MR) is 62.0 cm³/mol. The van der Waals surface area contributed by atoms with E-state index in [0.29, 0.717) is 6.54 Å². The zero-order chi connectivity index (χ0) is 13.0. The molecule has 0 aromatic heterocycles. The molecule has 1 saturated heterocycles. The zero-order valence-electron chi connectivity index (χ0n) is 10.4. The molecule has 0 aromatic rings. The van der Waals surface area contributed by atoms with E-state index in [2.05, 4.69) is 10.6 Å². The molecular weight excluding hydrogens is 222 g/mol. The number of nitrogens with one attached hydrogen (secondary N) is 2. The van der Waals surface area contributed by atoms with E-state index in [9.17, 15) is 14.4 Å². The van der Waals surface area contributed by atoms with Crippen LogP contribution in [0.15, 0.2) is 0 Å². The van der Waals surface area contributed by atoms with Crippen molar-refractivity contribution in [2.75, 3.05) is 19.6 Å². The Morgan fingerprint density at radius 1 is 1.59 bits per heavy atom. The lowest BCUT2D eigenvalue weighted by Crippen LogP contribution is -2.59. The van der Waals surface area contributed by atoms with E-state index in [0.717, 1.165) is 6.54 Å². The molecule has 96 valence electrons. The van der Waals surface area contributed by atoms with Gasteiger partial charge in [0.05, 0.1) is 0 Å². The normalized spacial score (nSPS) is 22.3. The van der Waals surface area contributed by atoms with Gasteiger partial charge in [0, 0.05) is 12.5 Å². The number of piperazine rings is 1. The van der Waals surface area contributed by atoms with Gasteiger partial charge in [0.1, 0.15) is 12.6 Å². The summed E-state index contributed by atoms with van der Waals surface area (Å²) < 4.78 is 0. The molecule has 6 heteroatoms. The fraction of sp³-hybridized carbons (Fsp3) is 0.727. The van der Waals surface area contributed by atoms with E-state index >= 15 is 0 Å². The quantitative estimate of drug-likeness (QED) is 0.626. The van der Waals surface area contributed by atoms with Crippen LogP contribution >= 0.6 is 0 Å². The molecule has 1 fully saturated rings. The number of carbonyl (C=O) groups is 3. The molecule has 6 nitrogen and oxygen atoms in total. The Hall–Kier alpha value is -1.43. The molecule has 17 heavy (non-hydrogen) atoms. The summed E-state index contributed by atoms with van der Waals surface area (Å²) in [6.45, 7) is 6.66. The van der Waals surface area contributed by atoms with Crippen molar-refractivity contribution in [3.05, 3.63) is 0 Å². The van der Waals surface area contributed by atoms with Gasteiger partial charge in [-0.15, -0.1) is 0 Å². The van der Waals surface area contributed by atoms with Crippen LogP contribution in [0.3, 0.4) is 0 Å². The van der Waals surface area contributed by atoms with Gasteiger partial charge in [0.15, 0.2) is 0 Å². The molecule has 1 aliphatic rings. The minimum Gasteiger partial charge on any atom is -0.321 e. The van der Waals surface area contributed by atoms with Crippen molar-refractivity contribution in [3.63, 3.8) is 0 Å². The highest BCUT2D eigenvalue weighted by Gasteiger charge is 2.35. The molecule has 1 rings (SSSR count). The molecule has 0 aliphatic carbocycles. The van der Waals surface area contributed by atoms with Crippen LogP contribution < -0.4 is 10.6 Å². The average Bonchev–Trinajstić information content (AvgIpc) is 2.29. The van der Waals surface area contributed by atoms with Crippen molar-refractivity contribution in [1.82, 2.24) is 15.5 Å². The topological polar surface area (TPSA) is 78.5 Å². The van der Waals surface area contributed by atoms with Crippen LogP contribution in [-0.4, -0.2) is 48.3 Å². The van der Waals surface area contributed by atoms with Crippen molar-refractivity contribution < 1.29 is 14.4 Å². The fourth-order valence-corrected chi connectivity index (χ4v) is 1.71. The van der Waals surface area contributed by atoms with Crippen LogP contribution in [0.4, 0.5) is 0 Å². The Kier molecular flexibility index (Phi) is 4.62. The Morgan fingerprint density at radius 2 is 2.24 bits per heavy atom. The van der Waals surface area contributed by atoms with Gasteiger partial charge in [-0.05, 0) is 13.5 Å². The second-order valence-electron chi connectivity index (χ2n) is 4.26. The second kappa shape index (κ2) is 5.77. The lowest BCUT2D eigenvalue weighted by atomic mass is 10.1. The zero-order valence-corrected chi connectivity index (χ0v) is 10.4. The molecule has 0 bridgehead atoms. The van der Waals surface area contributed by atoms with E-state index in [4.69, 9.17) is 0 Å². The van der Waals surface area contributed by atoms with Gasteiger partial charge in [-0.1, -0.05) is 13.8 Å². The van der Waals surface area contributed by atoms with Crippen LogP contribution in [-0.2, 0) is 14.4 Å². The van der Waals surface area contributed by atoms with Crippen molar-refractivity contribution in [2.45, 2.75) is 26.8 Å². The van der Waals surface area contributed by atoms with E-state index in [1.54, 1.807) is 13.8 Å². The third kappa shape index (κ3) is 3.26. The van der Waals surface area contributed by atoms with Crippen molar-refractivity contribution in [2.24, 2.45) is 5.92 Å². The Morgan fingerprint density at radius 3 is 2.82 bits per heavy atom. The number of rotatable bonds is 4. The van der Waals surface area contributed by atoms with Crippen molar-refractivity contribution in [3.8, 4) is 0 Å². The maximum atomic E-state index is 12.1. The van der Waals surface area contributed by atoms with E-state index < -0.39 is 17.9 Å². The fourth-order valence-electron chi connectivity index (χ4n) is 1.71. The van der Waals surface area contributed by atoms with Crippen LogP contribution in [0.5, 0.6) is 0 Å². The first-order chi connectivity index (χ1) is 7.97. The first kappa shape index (κ1) is 13.6. The summed E-state index contributed by atoms with van der Waals surface area (Å²) in [7, 11) is 0. The van der Waals surface area contributed by atoms with E-state index in [-0.39, 0.29) is 18.4 Å². The first-order valence-electron chi connectivity index (χ1n) is 5.82. The highest BCUT2D eigenvalue weighted by molar-refractivity contribution is 6.04. The Bertz CT molecular complexity index is 330. The lowest BCUT2D eigenvalue weighted by molar-refractivity contribution is -0.151. The van der Waals surface area contributed by atoms with Crippen molar-refractivity contribution >= 4 is 17.7 Å². The number of hydrogen-bond acceptors (Lipinski definition) is 4. The molecule has 2 atom stereocenters. The predicted octanol–water partition coefficient (Wildman–Crippen LogP) is -0.894. The average molecular weight is 241 g/mol. The van der Waals surface area contributed by atoms with Crippen LogP contribution in [0.25, 0.3) is 0 Å². The maximum Gasteiger partial charge on any atom is 0.249 e. The molecule has 1 aliphatic heterocycles. The third-order valence-corrected chi connectivity index (χ3v) is 2.83. The SMILES string of the molecule is CCNCC(C)C(=O)N1CC(=O)NC(=O)C1C. The monoisotopic (exact) mass is 241 g/mol. The summed E-state index contributed by atoms with van der Waals surface area (Å²) in [5.41, 5.74) is 0. The molecule has 0 radical (unpaired) electrons. The van der Waals surface area contributed by atoms with Gasteiger partial charge in [0.25, 0.3) is 0 Å². The second-order valence-corrected chi connectivity index (χ2v) is 4.26. The molecule has 2 unspecified atom stereocenters. The largest absolute Gasteiger partial charge is 0.321 e. The molecule has 0 spiro atoms. The Balaban J connectivity index is 2.66. The van der Waals surface area contributed by atoms with Crippen LogP contribution in [0.1, 0.15) is 20.8 Å². The Labute approximate surface area is 101 Å². The summed E-state index contributed by atoms with van der Waals surface area (Å²) in [6.07, 6.45) is 0. The van der Waals surface area contributed by atoms with Gasteiger partial charge in [0.2, 0.25) is 17.7 Å². The highest BCUT2D eigenvalue weighted by atomic mass is 16.2. The first-order valence-corrected chi connectivity index (χ1v) is 5.82. The van der Waals surface area contributed by atoms with E-state index in [1.807, 2.05) is 6.92 Å². The van der Waals surface area contributed by atoms with Crippen molar-refractivity contribution in [1.29, 1.82) is 0 Å². The standard InChI is InChI=1S/C11H19N3O3/c1-4-12-5-7(2)11(17)14-6-9(15)13-10(16)8(14)3/h7-8,12H,4-6H2,1-3H3,(H,13,15,16). The minimum absolute atomic E-state index is 0.0395. The third-order valence-electron chi connectivity index (χ3n) is 2.83. The summed E-state index contributed by atoms with van der Waals surface area (Å²) in [5, 5.41) is 5.28. The molecular formula is C11H19N3O3. The molecule has 0 aromatic carbocycles. The smallest absolute Gasteiger partial charge is 0.249 e. The van der Waals surface area contributed by atoms with Gasteiger partial charge in [-0.3, -0.25) is 19.7 Å². The minimum atomic E-state index is -0.579. The number of nitrogens with zero attached hydrogens (tertiary/aromatic N) is 1. The molecule has 2 N–H and O–H groups in total. The summed E-state index contributed by atoms with van der Waals surface area (Å²) in [5.74, 6) is -1.24. The highest BCUT2D eigenvalue weighted by Crippen LogP contribution is 2.10. The summed E-state index contributed by atoms with van der Waals surface area (Å²) >= 11 is 0. The van der Waals surface area contributed by atoms with Gasteiger partial charge >= 0.3 is 0 Å². The maximum absolute atomic E-state index is 12.1. The van der Waals surface area contributed by atoms with E-state index in [1.165, 1.54) is 4.90 Å². The number of imide groups is 1. The van der Waals surface area contributed by atoms with Gasteiger partial charge in [-0.2, -0.15) is 0 Å².